The molecule has 0 radical (unpaired) electrons. The molecule has 0 aliphatic heterocycles. The summed E-state index contributed by atoms with van der Waals surface area (Å²) < 4.78 is 27.6. The quantitative estimate of drug-likeness (QED) is 0.636. The van der Waals surface area contributed by atoms with Crippen LogP contribution in [-0.2, 0) is 21.2 Å². The molecule has 1 aromatic carbocycles. The second kappa shape index (κ2) is 7.85. The molecular weight excluding hydrogens is 432 g/mol. The lowest BCUT2D eigenvalue weighted by molar-refractivity contribution is -0.124. The van der Waals surface area contributed by atoms with Gasteiger partial charge in [-0.2, -0.15) is 0 Å². The molecule has 0 atom stereocenters. The number of carbonyl (C=O) groups is 1. The number of hydrogen-bond acceptors (Lipinski definition) is 6. The molecule has 4 saturated carbocycles. The molecule has 4 fully saturated rings. The maximum absolute atomic E-state index is 12.8. The Kier molecular flexibility index (Phi) is 5.29. The van der Waals surface area contributed by atoms with Crippen LogP contribution >= 0.6 is 11.3 Å². The highest BCUT2D eigenvalue weighted by Gasteiger charge is 2.51. The molecule has 9 heteroatoms. The SMILES string of the molecule is CCc1nnc(NS(=O)(=O)c2ccc(NC(=O)CC34CC5CC(CC(C5)C3)C4)cc2)s1. The van der Waals surface area contributed by atoms with Crippen LogP contribution in [0.25, 0.3) is 0 Å². The van der Waals surface area contributed by atoms with Crippen molar-refractivity contribution in [2.24, 2.45) is 23.2 Å². The van der Waals surface area contributed by atoms with E-state index in [2.05, 4.69) is 20.2 Å². The van der Waals surface area contributed by atoms with Gasteiger partial charge in [-0.05, 0) is 92.4 Å². The number of anilines is 2. The number of nitrogens with zero attached hydrogens (tertiary/aromatic N) is 2. The van der Waals surface area contributed by atoms with Gasteiger partial charge in [-0.3, -0.25) is 9.52 Å². The summed E-state index contributed by atoms with van der Waals surface area (Å²) in [7, 11) is -3.74. The Bertz CT molecular complexity index is 1040. The van der Waals surface area contributed by atoms with Crippen molar-refractivity contribution in [3.05, 3.63) is 29.3 Å². The van der Waals surface area contributed by atoms with Crippen LogP contribution in [0.15, 0.2) is 29.2 Å². The summed E-state index contributed by atoms with van der Waals surface area (Å²) in [6.07, 6.45) is 8.96. The van der Waals surface area contributed by atoms with Gasteiger partial charge in [-0.15, -0.1) is 10.2 Å². The molecule has 1 heterocycles. The number of nitrogens with one attached hydrogen (secondary N) is 2. The third-order valence-corrected chi connectivity index (χ3v) is 9.61. The van der Waals surface area contributed by atoms with Gasteiger partial charge in [-0.25, -0.2) is 8.42 Å². The monoisotopic (exact) mass is 460 g/mol. The van der Waals surface area contributed by atoms with Gasteiger partial charge in [0.05, 0.1) is 4.90 Å². The van der Waals surface area contributed by atoms with E-state index in [0.29, 0.717) is 18.5 Å². The predicted molar refractivity (Wildman–Crippen MR) is 120 cm³/mol. The van der Waals surface area contributed by atoms with E-state index in [0.717, 1.165) is 22.8 Å². The van der Waals surface area contributed by atoms with Crippen molar-refractivity contribution in [1.82, 2.24) is 10.2 Å². The maximum Gasteiger partial charge on any atom is 0.263 e. The number of amides is 1. The van der Waals surface area contributed by atoms with Crippen molar-refractivity contribution < 1.29 is 13.2 Å². The van der Waals surface area contributed by atoms with Crippen LogP contribution in [-0.4, -0.2) is 24.5 Å². The maximum atomic E-state index is 12.8. The van der Waals surface area contributed by atoms with Gasteiger partial charge in [0, 0.05) is 12.1 Å². The molecule has 0 unspecified atom stereocenters. The molecule has 7 nitrogen and oxygen atoms in total. The van der Waals surface area contributed by atoms with Gasteiger partial charge in [0.2, 0.25) is 11.0 Å². The lowest BCUT2D eigenvalue weighted by Gasteiger charge is -2.56. The standard InChI is InChI=1S/C22H28N4O3S2/c1-2-20-24-25-21(30-20)26-31(28,29)18-5-3-17(4-6-18)23-19(27)13-22-10-14-7-15(11-22)9-16(8-14)12-22/h3-6,14-16H,2,7-13H2,1H3,(H,23,27)(H,25,26). The molecule has 4 aliphatic carbocycles. The first kappa shape index (κ1) is 20.9. The zero-order chi connectivity index (χ0) is 21.6. The second-order valence-corrected chi connectivity index (χ2v) is 12.4. The fraction of sp³-hybridized carbons (Fsp3) is 0.591. The molecule has 2 N–H and O–H groups in total. The van der Waals surface area contributed by atoms with Crippen LogP contribution < -0.4 is 10.0 Å². The van der Waals surface area contributed by atoms with E-state index in [1.165, 1.54) is 62.0 Å². The Morgan fingerprint density at radius 1 is 1.06 bits per heavy atom. The van der Waals surface area contributed by atoms with Crippen LogP contribution in [0.2, 0.25) is 0 Å². The average Bonchev–Trinajstić information content (AvgIpc) is 3.13. The lowest BCUT2D eigenvalue weighted by atomic mass is 9.49. The smallest absolute Gasteiger partial charge is 0.263 e. The van der Waals surface area contributed by atoms with Crippen LogP contribution in [0.5, 0.6) is 0 Å². The van der Waals surface area contributed by atoms with Crippen molar-refractivity contribution in [3.63, 3.8) is 0 Å². The molecule has 166 valence electrons. The van der Waals surface area contributed by atoms with Crippen LogP contribution in [0.4, 0.5) is 10.8 Å². The summed E-state index contributed by atoms with van der Waals surface area (Å²) in [4.78, 5) is 12.9. The highest BCUT2D eigenvalue weighted by Crippen LogP contribution is 2.61. The summed E-state index contributed by atoms with van der Waals surface area (Å²) in [5, 5.41) is 11.8. The van der Waals surface area contributed by atoms with Crippen LogP contribution in [0.3, 0.4) is 0 Å². The second-order valence-electron chi connectivity index (χ2n) is 9.63. The van der Waals surface area contributed by atoms with Gasteiger partial charge in [-0.1, -0.05) is 18.3 Å². The summed E-state index contributed by atoms with van der Waals surface area (Å²) >= 11 is 1.22. The van der Waals surface area contributed by atoms with Crippen LogP contribution in [0, 0.1) is 23.2 Å². The summed E-state index contributed by atoms with van der Waals surface area (Å²) in [5.41, 5.74) is 0.809. The number of sulfonamides is 1. The molecule has 0 saturated heterocycles. The average molecular weight is 461 g/mol. The summed E-state index contributed by atoms with van der Waals surface area (Å²) in [6.45, 7) is 1.94. The molecule has 2 aromatic rings. The molecular formula is C22H28N4O3S2. The molecule has 1 aromatic heterocycles. The van der Waals surface area contributed by atoms with E-state index in [9.17, 15) is 13.2 Å². The van der Waals surface area contributed by atoms with E-state index in [4.69, 9.17) is 0 Å². The highest BCUT2D eigenvalue weighted by molar-refractivity contribution is 7.93. The first-order valence-electron chi connectivity index (χ1n) is 11.1. The topological polar surface area (TPSA) is 101 Å². The van der Waals surface area contributed by atoms with E-state index in [1.807, 2.05) is 6.92 Å². The molecule has 31 heavy (non-hydrogen) atoms. The number of aromatic nitrogens is 2. The number of benzene rings is 1. The Labute approximate surface area is 187 Å². The number of rotatable bonds is 7. The number of carbonyl (C=O) groups excluding carboxylic acids is 1. The van der Waals surface area contributed by atoms with Crippen molar-refractivity contribution in [2.45, 2.75) is 63.2 Å². The zero-order valence-corrected chi connectivity index (χ0v) is 19.3. The third-order valence-electron chi connectivity index (χ3n) is 7.14. The Morgan fingerprint density at radius 3 is 2.23 bits per heavy atom. The Morgan fingerprint density at radius 2 is 1.68 bits per heavy atom. The van der Waals surface area contributed by atoms with Crippen LogP contribution in [0.1, 0.15) is 56.9 Å². The van der Waals surface area contributed by atoms with Crippen molar-refractivity contribution >= 4 is 38.1 Å². The summed E-state index contributed by atoms with van der Waals surface area (Å²) in [6, 6.07) is 6.29. The molecule has 6 rings (SSSR count). The number of hydrogen-bond donors (Lipinski definition) is 2. The highest BCUT2D eigenvalue weighted by atomic mass is 32.2. The fourth-order valence-corrected chi connectivity index (χ4v) is 8.29. The van der Waals surface area contributed by atoms with Gasteiger partial charge in [0.25, 0.3) is 10.0 Å². The minimum absolute atomic E-state index is 0.0386. The van der Waals surface area contributed by atoms with Gasteiger partial charge >= 0.3 is 0 Å². The third kappa shape index (κ3) is 4.35. The van der Waals surface area contributed by atoms with E-state index in [1.54, 1.807) is 12.1 Å². The first-order valence-corrected chi connectivity index (χ1v) is 13.4. The Balaban J connectivity index is 1.21. The van der Waals surface area contributed by atoms with Crippen molar-refractivity contribution in [3.8, 4) is 0 Å². The molecule has 1 amide bonds. The normalized spacial score (nSPS) is 29.1. The van der Waals surface area contributed by atoms with Crippen molar-refractivity contribution in [2.75, 3.05) is 10.0 Å². The number of aryl methyl sites for hydroxylation is 1. The minimum Gasteiger partial charge on any atom is -0.326 e. The van der Waals surface area contributed by atoms with Gasteiger partial charge in [0.15, 0.2) is 0 Å². The first-order chi connectivity index (χ1) is 14.8. The van der Waals surface area contributed by atoms with E-state index in [-0.39, 0.29) is 21.3 Å². The molecule has 0 spiro atoms. The summed E-state index contributed by atoms with van der Waals surface area (Å²) in [5.74, 6) is 2.49. The van der Waals surface area contributed by atoms with E-state index >= 15 is 0 Å². The Hall–Kier alpha value is -2.00. The van der Waals surface area contributed by atoms with Gasteiger partial charge in [0.1, 0.15) is 5.01 Å². The van der Waals surface area contributed by atoms with E-state index < -0.39 is 10.0 Å². The largest absolute Gasteiger partial charge is 0.326 e. The molecule has 4 aliphatic rings. The molecule has 4 bridgehead atoms. The zero-order valence-electron chi connectivity index (χ0n) is 17.6. The van der Waals surface area contributed by atoms with Gasteiger partial charge < -0.3 is 5.32 Å². The predicted octanol–water partition coefficient (Wildman–Crippen LogP) is 4.45. The van der Waals surface area contributed by atoms with Crippen molar-refractivity contribution in [1.29, 1.82) is 0 Å². The lowest BCUT2D eigenvalue weighted by Crippen LogP contribution is -2.47. The minimum atomic E-state index is -3.74. The fourth-order valence-electron chi connectivity index (χ4n) is 6.38.